The van der Waals surface area contributed by atoms with E-state index < -0.39 is 22.0 Å². The van der Waals surface area contributed by atoms with E-state index in [1.807, 2.05) is 4.72 Å². The Hall–Kier alpha value is -1.93. The summed E-state index contributed by atoms with van der Waals surface area (Å²) in [5.74, 6) is 4.31. The first-order valence-corrected chi connectivity index (χ1v) is 7.30. The fourth-order valence-electron chi connectivity index (χ4n) is 1.49. The molecule has 0 saturated carbocycles. The Morgan fingerprint density at radius 1 is 1.53 bits per heavy atom. The van der Waals surface area contributed by atoms with Crippen molar-refractivity contribution in [3.8, 4) is 0 Å². The number of hydrazone groups is 1. The maximum Gasteiger partial charge on any atom is 0.250 e. The zero-order valence-corrected chi connectivity index (χ0v) is 11.2. The van der Waals surface area contributed by atoms with E-state index in [0.717, 1.165) is 17.4 Å². The van der Waals surface area contributed by atoms with Crippen molar-refractivity contribution in [2.24, 2.45) is 16.7 Å². The van der Waals surface area contributed by atoms with Crippen molar-refractivity contribution in [3.05, 3.63) is 35.4 Å². The van der Waals surface area contributed by atoms with Crippen molar-refractivity contribution < 1.29 is 13.2 Å². The monoisotopic (exact) mass is 284 g/mol. The summed E-state index contributed by atoms with van der Waals surface area (Å²) in [6.45, 7) is 0. The first-order chi connectivity index (χ1) is 8.81. The molecular formula is C11H16N4O3S. The van der Waals surface area contributed by atoms with Crippen LogP contribution in [0.4, 0.5) is 0 Å². The zero-order chi connectivity index (χ0) is 14.5. The fraction of sp³-hybridized carbons (Fsp3) is 0.273. The van der Waals surface area contributed by atoms with Gasteiger partial charge in [-0.05, 0) is 17.5 Å². The predicted octanol–water partition coefficient (Wildman–Crippen LogP) is -1.08. The second-order valence-electron chi connectivity index (χ2n) is 4.07. The standard InChI is InChI=1S/C11H16N4O3S/c1-19(17,18)15-11(16)10(12)6-8-3-2-4-9(5-8)7-14-13/h2-5,7,10H,6,12-13H2,1H3,(H,15,16)/t10-/m0/s1. The minimum absolute atomic E-state index is 0.216. The molecule has 8 heteroatoms. The van der Waals surface area contributed by atoms with E-state index >= 15 is 0 Å². The largest absolute Gasteiger partial charge is 0.323 e. The highest BCUT2D eigenvalue weighted by Gasteiger charge is 2.17. The number of hydrogen-bond acceptors (Lipinski definition) is 6. The highest BCUT2D eigenvalue weighted by Crippen LogP contribution is 2.06. The number of nitrogens with one attached hydrogen (secondary N) is 1. The third kappa shape index (κ3) is 5.49. The first-order valence-electron chi connectivity index (χ1n) is 5.41. The number of amides is 1. The average Bonchev–Trinajstić information content (AvgIpc) is 2.27. The lowest BCUT2D eigenvalue weighted by molar-refractivity contribution is -0.120. The number of nitrogens with two attached hydrogens (primary N) is 2. The number of sulfonamides is 1. The van der Waals surface area contributed by atoms with E-state index in [9.17, 15) is 13.2 Å². The number of rotatable bonds is 5. The van der Waals surface area contributed by atoms with Crippen molar-refractivity contribution in [1.29, 1.82) is 0 Å². The molecule has 0 fully saturated rings. The number of nitrogens with zero attached hydrogens (tertiary/aromatic N) is 1. The van der Waals surface area contributed by atoms with Gasteiger partial charge in [0.15, 0.2) is 0 Å². The van der Waals surface area contributed by atoms with Crippen molar-refractivity contribution in [2.45, 2.75) is 12.5 Å². The Kier molecular flexibility index (Phi) is 5.02. The van der Waals surface area contributed by atoms with Crippen LogP contribution in [0.25, 0.3) is 0 Å². The quantitative estimate of drug-likeness (QED) is 0.360. The van der Waals surface area contributed by atoms with E-state index in [1.54, 1.807) is 24.3 Å². The maximum absolute atomic E-state index is 11.5. The molecule has 1 aromatic rings. The normalized spacial score (nSPS) is 13.4. The Bertz CT molecular complexity index is 583. The van der Waals surface area contributed by atoms with Gasteiger partial charge in [0.2, 0.25) is 10.0 Å². The highest BCUT2D eigenvalue weighted by molar-refractivity contribution is 7.89. The second-order valence-corrected chi connectivity index (χ2v) is 5.82. The molecule has 0 aliphatic rings. The smallest absolute Gasteiger partial charge is 0.250 e. The molecule has 19 heavy (non-hydrogen) atoms. The van der Waals surface area contributed by atoms with Crippen LogP contribution in [0.3, 0.4) is 0 Å². The van der Waals surface area contributed by atoms with Crippen LogP contribution in [0.15, 0.2) is 29.4 Å². The Labute approximate surface area is 111 Å². The summed E-state index contributed by atoms with van der Waals surface area (Å²) >= 11 is 0. The minimum Gasteiger partial charge on any atom is -0.323 e. The molecule has 7 nitrogen and oxygen atoms in total. The van der Waals surface area contributed by atoms with E-state index in [2.05, 4.69) is 5.10 Å². The molecule has 104 valence electrons. The maximum atomic E-state index is 11.5. The SMILES string of the molecule is CS(=O)(=O)NC(=O)[C@@H](N)Cc1cccc(C=NN)c1. The van der Waals surface area contributed by atoms with Crippen molar-refractivity contribution in [3.63, 3.8) is 0 Å². The Morgan fingerprint density at radius 3 is 2.79 bits per heavy atom. The van der Waals surface area contributed by atoms with Crippen LogP contribution in [0.2, 0.25) is 0 Å². The molecule has 0 bridgehead atoms. The van der Waals surface area contributed by atoms with Gasteiger partial charge in [-0.3, -0.25) is 9.52 Å². The Morgan fingerprint density at radius 2 is 2.21 bits per heavy atom. The van der Waals surface area contributed by atoms with E-state index in [1.165, 1.54) is 6.21 Å². The molecule has 0 aromatic heterocycles. The van der Waals surface area contributed by atoms with Crippen LogP contribution < -0.4 is 16.3 Å². The summed E-state index contributed by atoms with van der Waals surface area (Å²) in [4.78, 5) is 11.5. The minimum atomic E-state index is -3.59. The third-order valence-electron chi connectivity index (χ3n) is 2.25. The van der Waals surface area contributed by atoms with Crippen LogP contribution >= 0.6 is 0 Å². The molecule has 0 spiro atoms. The molecule has 1 atom stereocenters. The van der Waals surface area contributed by atoms with Gasteiger partial charge in [-0.2, -0.15) is 5.10 Å². The molecule has 5 N–H and O–H groups in total. The van der Waals surface area contributed by atoms with E-state index in [0.29, 0.717) is 0 Å². The summed E-state index contributed by atoms with van der Waals surface area (Å²) < 4.78 is 23.7. The summed E-state index contributed by atoms with van der Waals surface area (Å²) in [7, 11) is -3.59. The Balaban J connectivity index is 2.74. The second kappa shape index (κ2) is 6.30. The van der Waals surface area contributed by atoms with Crippen molar-refractivity contribution in [2.75, 3.05) is 6.26 Å². The molecule has 0 aliphatic heterocycles. The third-order valence-corrected chi connectivity index (χ3v) is 2.82. The van der Waals surface area contributed by atoms with Crippen LogP contribution in [0.1, 0.15) is 11.1 Å². The highest BCUT2D eigenvalue weighted by atomic mass is 32.2. The topological polar surface area (TPSA) is 128 Å². The summed E-state index contributed by atoms with van der Waals surface area (Å²) in [6, 6.07) is 6.17. The lowest BCUT2D eigenvalue weighted by atomic mass is 10.0. The van der Waals surface area contributed by atoms with Gasteiger partial charge in [-0.15, -0.1) is 0 Å². The van der Waals surface area contributed by atoms with Crippen molar-refractivity contribution >= 4 is 22.1 Å². The first kappa shape index (κ1) is 15.1. The molecule has 0 radical (unpaired) electrons. The number of carbonyl (C=O) groups excluding carboxylic acids is 1. The van der Waals surface area contributed by atoms with E-state index in [-0.39, 0.29) is 6.42 Å². The van der Waals surface area contributed by atoms with Crippen LogP contribution in [-0.4, -0.2) is 32.8 Å². The molecule has 0 saturated heterocycles. The van der Waals surface area contributed by atoms with Gasteiger partial charge in [-0.25, -0.2) is 8.42 Å². The lowest BCUT2D eigenvalue weighted by Gasteiger charge is -2.11. The lowest BCUT2D eigenvalue weighted by Crippen LogP contribution is -2.44. The van der Waals surface area contributed by atoms with Gasteiger partial charge in [-0.1, -0.05) is 24.3 Å². The summed E-state index contributed by atoms with van der Waals surface area (Å²) in [5, 5.41) is 3.39. The number of hydrogen-bond donors (Lipinski definition) is 3. The van der Waals surface area contributed by atoms with Gasteiger partial charge in [0.25, 0.3) is 5.91 Å². The molecular weight excluding hydrogens is 268 g/mol. The number of carbonyl (C=O) groups is 1. The average molecular weight is 284 g/mol. The fourth-order valence-corrected chi connectivity index (χ4v) is 2.01. The summed E-state index contributed by atoms with van der Waals surface area (Å²) in [5.41, 5.74) is 7.21. The zero-order valence-electron chi connectivity index (χ0n) is 10.4. The molecule has 1 rings (SSSR count). The van der Waals surface area contributed by atoms with Gasteiger partial charge >= 0.3 is 0 Å². The van der Waals surface area contributed by atoms with Gasteiger partial charge in [0, 0.05) is 0 Å². The van der Waals surface area contributed by atoms with Gasteiger partial charge < -0.3 is 11.6 Å². The van der Waals surface area contributed by atoms with Crippen LogP contribution in [0.5, 0.6) is 0 Å². The van der Waals surface area contributed by atoms with Crippen LogP contribution in [0, 0.1) is 0 Å². The van der Waals surface area contributed by atoms with Crippen LogP contribution in [-0.2, 0) is 21.2 Å². The van der Waals surface area contributed by atoms with Gasteiger partial charge in [0.1, 0.15) is 0 Å². The predicted molar refractivity (Wildman–Crippen MR) is 72.9 cm³/mol. The molecule has 0 aliphatic carbocycles. The van der Waals surface area contributed by atoms with Gasteiger partial charge in [0.05, 0.1) is 18.5 Å². The van der Waals surface area contributed by atoms with Crippen molar-refractivity contribution in [1.82, 2.24) is 4.72 Å². The molecule has 0 heterocycles. The summed E-state index contributed by atoms with van der Waals surface area (Å²) in [6.07, 6.45) is 2.58. The molecule has 0 unspecified atom stereocenters. The molecule has 1 amide bonds. The number of benzene rings is 1. The van der Waals surface area contributed by atoms with E-state index in [4.69, 9.17) is 11.6 Å². The molecule has 1 aromatic carbocycles.